The van der Waals surface area contributed by atoms with Crippen molar-refractivity contribution in [1.82, 2.24) is 14.8 Å². The molecule has 0 spiro atoms. The number of imide groups is 1. The van der Waals surface area contributed by atoms with Gasteiger partial charge >= 0.3 is 6.03 Å². The molecule has 3 aliphatic heterocycles. The van der Waals surface area contributed by atoms with Crippen molar-refractivity contribution in [1.29, 1.82) is 5.26 Å². The molecule has 3 atom stereocenters. The number of fused-ring (bicyclic) bond motifs is 5. The van der Waals surface area contributed by atoms with Crippen LogP contribution in [0.5, 0.6) is 0 Å². The Morgan fingerprint density at radius 3 is 2.55 bits per heavy atom. The summed E-state index contributed by atoms with van der Waals surface area (Å²) in [4.78, 5) is 47.0. The van der Waals surface area contributed by atoms with E-state index in [2.05, 4.69) is 4.98 Å². The van der Waals surface area contributed by atoms with Gasteiger partial charge in [0.15, 0.2) is 0 Å². The lowest BCUT2D eigenvalue weighted by atomic mass is 10.1. The minimum Gasteiger partial charge on any atom is -0.331 e. The standard InChI is InChI=1S/C21H15F2N5O3/c1-10-2-14(8-25-16(10)7-24)28-20(30)18-17-6-15(27(18)21(28)31)9-26(17)19(29)11-3-12(22)5-13(23)4-11/h2-5,8,15,17-18H,6,9H2,1H3/t15?,17?,18-/m1/s1. The van der Waals surface area contributed by atoms with E-state index < -0.39 is 41.6 Å². The van der Waals surface area contributed by atoms with Crippen molar-refractivity contribution < 1.29 is 23.2 Å². The number of carbonyl (C=O) groups is 3. The number of halogens is 2. The third-order valence-electron chi connectivity index (χ3n) is 6.06. The third-order valence-corrected chi connectivity index (χ3v) is 6.06. The van der Waals surface area contributed by atoms with E-state index in [0.717, 1.165) is 17.0 Å². The minimum absolute atomic E-state index is 0.142. The molecule has 0 aliphatic carbocycles. The number of nitriles is 1. The molecule has 3 fully saturated rings. The van der Waals surface area contributed by atoms with Gasteiger partial charge in [-0.15, -0.1) is 0 Å². The predicted molar refractivity (Wildman–Crippen MR) is 102 cm³/mol. The Labute approximate surface area is 175 Å². The lowest BCUT2D eigenvalue weighted by Crippen LogP contribution is -2.54. The zero-order valence-corrected chi connectivity index (χ0v) is 16.2. The Hall–Kier alpha value is -3.87. The topological polar surface area (TPSA) is 97.6 Å². The molecule has 2 unspecified atom stereocenters. The molecule has 156 valence electrons. The molecular weight excluding hydrogens is 408 g/mol. The van der Waals surface area contributed by atoms with Gasteiger partial charge in [0.05, 0.1) is 24.0 Å². The predicted octanol–water partition coefficient (Wildman–Crippen LogP) is 1.97. The van der Waals surface area contributed by atoms with Crippen LogP contribution in [0.25, 0.3) is 0 Å². The Morgan fingerprint density at radius 2 is 1.90 bits per heavy atom. The summed E-state index contributed by atoms with van der Waals surface area (Å²) >= 11 is 0. The highest BCUT2D eigenvalue weighted by Crippen LogP contribution is 2.42. The number of amides is 4. The van der Waals surface area contributed by atoms with Gasteiger partial charge < -0.3 is 9.80 Å². The summed E-state index contributed by atoms with van der Waals surface area (Å²) in [6.07, 6.45) is 1.72. The second kappa shape index (κ2) is 6.57. The van der Waals surface area contributed by atoms with Crippen molar-refractivity contribution in [2.75, 3.05) is 11.4 Å². The van der Waals surface area contributed by atoms with E-state index in [4.69, 9.17) is 5.26 Å². The van der Waals surface area contributed by atoms with Crippen LogP contribution in [0.2, 0.25) is 0 Å². The van der Waals surface area contributed by atoms with Gasteiger partial charge in [0.2, 0.25) is 0 Å². The van der Waals surface area contributed by atoms with E-state index in [1.807, 2.05) is 6.07 Å². The number of pyridine rings is 1. The molecule has 1 aromatic carbocycles. The number of aromatic nitrogens is 1. The number of rotatable bonds is 2. The molecule has 5 rings (SSSR count). The Bertz CT molecular complexity index is 1190. The fraction of sp³-hybridized carbons (Fsp3) is 0.286. The highest BCUT2D eigenvalue weighted by Gasteiger charge is 2.63. The molecule has 0 saturated carbocycles. The van der Waals surface area contributed by atoms with Crippen LogP contribution in [0.1, 0.15) is 28.0 Å². The lowest BCUT2D eigenvalue weighted by molar-refractivity contribution is -0.121. The molecule has 4 heterocycles. The first-order valence-corrected chi connectivity index (χ1v) is 9.60. The Balaban J connectivity index is 1.45. The average Bonchev–Trinajstić information content (AvgIpc) is 3.38. The Kier molecular flexibility index (Phi) is 4.05. The van der Waals surface area contributed by atoms with Gasteiger partial charge in [0.1, 0.15) is 29.4 Å². The summed E-state index contributed by atoms with van der Waals surface area (Å²) in [7, 11) is 0. The molecule has 31 heavy (non-hydrogen) atoms. The van der Waals surface area contributed by atoms with Crippen molar-refractivity contribution in [2.24, 2.45) is 0 Å². The molecule has 0 N–H and O–H groups in total. The third kappa shape index (κ3) is 2.70. The van der Waals surface area contributed by atoms with Crippen molar-refractivity contribution >= 4 is 23.5 Å². The molecule has 1 aromatic heterocycles. The number of hydrogen-bond donors (Lipinski definition) is 0. The highest BCUT2D eigenvalue weighted by atomic mass is 19.1. The van der Waals surface area contributed by atoms with Crippen LogP contribution in [0.4, 0.5) is 19.3 Å². The van der Waals surface area contributed by atoms with E-state index in [-0.39, 0.29) is 29.5 Å². The van der Waals surface area contributed by atoms with E-state index in [1.54, 1.807) is 13.0 Å². The second-order valence-electron chi connectivity index (χ2n) is 7.85. The quantitative estimate of drug-likeness (QED) is 0.688. The van der Waals surface area contributed by atoms with Crippen LogP contribution in [0.3, 0.4) is 0 Å². The maximum Gasteiger partial charge on any atom is 0.332 e. The molecule has 0 radical (unpaired) electrons. The van der Waals surface area contributed by atoms with Gasteiger partial charge in [-0.05, 0) is 37.1 Å². The number of aryl methyl sites for hydroxylation is 1. The summed E-state index contributed by atoms with van der Waals surface area (Å²) in [5.41, 5.74) is 0.839. The largest absolute Gasteiger partial charge is 0.332 e. The van der Waals surface area contributed by atoms with Gasteiger partial charge in [-0.1, -0.05) is 0 Å². The first-order valence-electron chi connectivity index (χ1n) is 9.60. The van der Waals surface area contributed by atoms with Crippen molar-refractivity contribution in [2.45, 2.75) is 31.5 Å². The van der Waals surface area contributed by atoms with Crippen LogP contribution in [-0.4, -0.2) is 57.3 Å². The molecule has 10 heteroatoms. The van der Waals surface area contributed by atoms with Crippen molar-refractivity contribution in [3.63, 3.8) is 0 Å². The first kappa shape index (κ1) is 19.1. The molecule has 8 nitrogen and oxygen atoms in total. The molecule has 2 aromatic rings. The number of nitrogens with zero attached hydrogens (tertiary/aromatic N) is 5. The summed E-state index contributed by atoms with van der Waals surface area (Å²) in [6.45, 7) is 1.83. The number of anilines is 1. The van der Waals surface area contributed by atoms with Crippen LogP contribution in [-0.2, 0) is 4.79 Å². The van der Waals surface area contributed by atoms with Gasteiger partial charge in [0.25, 0.3) is 11.8 Å². The number of likely N-dealkylation sites (tertiary alicyclic amines) is 1. The minimum atomic E-state index is -0.871. The summed E-state index contributed by atoms with van der Waals surface area (Å²) in [5, 5.41) is 9.04. The summed E-state index contributed by atoms with van der Waals surface area (Å²) in [6, 6.07) is 3.74. The number of hydrogen-bond acceptors (Lipinski definition) is 5. The first-order chi connectivity index (χ1) is 14.8. The van der Waals surface area contributed by atoms with E-state index >= 15 is 0 Å². The highest BCUT2D eigenvalue weighted by molar-refractivity contribution is 6.22. The second-order valence-corrected chi connectivity index (χ2v) is 7.85. The van der Waals surface area contributed by atoms with Crippen LogP contribution in [0, 0.1) is 29.9 Å². The smallest absolute Gasteiger partial charge is 0.331 e. The zero-order valence-electron chi connectivity index (χ0n) is 16.2. The summed E-state index contributed by atoms with van der Waals surface area (Å²) < 4.78 is 27.1. The molecule has 3 saturated heterocycles. The number of carbonyl (C=O) groups excluding carboxylic acids is 3. The molecule has 3 aliphatic rings. The van der Waals surface area contributed by atoms with Crippen LogP contribution < -0.4 is 4.90 Å². The maximum atomic E-state index is 13.6. The van der Waals surface area contributed by atoms with E-state index in [0.29, 0.717) is 18.1 Å². The number of urea groups is 1. The van der Waals surface area contributed by atoms with Crippen molar-refractivity contribution in [3.8, 4) is 6.07 Å². The SMILES string of the molecule is Cc1cc(N2C(=O)[C@H]3C4CC(CN4C(=O)c4cc(F)cc(F)c4)N3C2=O)cnc1C#N. The van der Waals surface area contributed by atoms with E-state index in [9.17, 15) is 23.2 Å². The fourth-order valence-corrected chi connectivity index (χ4v) is 4.77. The number of piperazine rings is 1. The molecule has 2 bridgehead atoms. The fourth-order valence-electron chi connectivity index (χ4n) is 4.77. The van der Waals surface area contributed by atoms with Gasteiger partial charge in [-0.25, -0.2) is 23.5 Å². The lowest BCUT2D eigenvalue weighted by Gasteiger charge is -2.34. The average molecular weight is 423 g/mol. The van der Waals surface area contributed by atoms with E-state index in [1.165, 1.54) is 16.0 Å². The Morgan fingerprint density at radius 1 is 1.19 bits per heavy atom. The van der Waals surface area contributed by atoms with Gasteiger partial charge in [0, 0.05) is 18.2 Å². The molecule has 4 amide bonds. The van der Waals surface area contributed by atoms with Crippen LogP contribution in [0.15, 0.2) is 30.5 Å². The zero-order chi connectivity index (χ0) is 22.0. The normalized spacial score (nSPS) is 24.1. The van der Waals surface area contributed by atoms with Gasteiger partial charge in [-0.2, -0.15) is 5.26 Å². The monoisotopic (exact) mass is 423 g/mol. The number of benzene rings is 1. The summed E-state index contributed by atoms with van der Waals surface area (Å²) in [5.74, 6) is -2.81. The molecular formula is C21H15F2N5O3. The van der Waals surface area contributed by atoms with Crippen molar-refractivity contribution in [3.05, 3.63) is 58.9 Å². The maximum absolute atomic E-state index is 13.6. The van der Waals surface area contributed by atoms with Crippen LogP contribution >= 0.6 is 0 Å². The van der Waals surface area contributed by atoms with Gasteiger partial charge in [-0.3, -0.25) is 9.59 Å².